The molecule has 1 atom stereocenters. The van der Waals surface area contributed by atoms with Crippen LogP contribution in [0.3, 0.4) is 0 Å². The molecule has 35 heavy (non-hydrogen) atoms. The number of nitrogens with one attached hydrogen (secondary N) is 1. The molecule has 0 spiro atoms. The van der Waals surface area contributed by atoms with Gasteiger partial charge >= 0.3 is 0 Å². The highest BCUT2D eigenvalue weighted by atomic mass is 32.2. The van der Waals surface area contributed by atoms with Gasteiger partial charge in [0.1, 0.15) is 6.04 Å². The molecule has 6 heteroatoms. The molecule has 0 saturated heterocycles. The van der Waals surface area contributed by atoms with Crippen molar-refractivity contribution in [1.29, 1.82) is 0 Å². The average molecular weight is 483 g/mol. The van der Waals surface area contributed by atoms with Crippen molar-refractivity contribution in [2.45, 2.75) is 30.3 Å². The van der Waals surface area contributed by atoms with Gasteiger partial charge in [0.15, 0.2) is 0 Å². The second-order valence-electron chi connectivity index (χ2n) is 8.73. The summed E-state index contributed by atoms with van der Waals surface area (Å²) in [7, 11) is -3.85. The Balaban J connectivity index is 1.49. The predicted molar refractivity (Wildman–Crippen MR) is 138 cm³/mol. The van der Waals surface area contributed by atoms with Crippen molar-refractivity contribution < 1.29 is 13.2 Å². The molecule has 0 saturated carbocycles. The zero-order chi connectivity index (χ0) is 24.3. The lowest BCUT2D eigenvalue weighted by molar-refractivity contribution is -0.120. The van der Waals surface area contributed by atoms with Crippen molar-refractivity contribution in [3.8, 4) is 0 Å². The van der Waals surface area contributed by atoms with Crippen molar-refractivity contribution in [2.24, 2.45) is 0 Å². The standard InChI is InChI=1S/C29H26N2O3S/c32-29-27(30-35(33,34)26-14-8-3-9-15-26)20-25-19-24(18-22-10-4-1-5-11-22)16-17-28(25)31(29)21-23-12-6-2-7-13-23/h1-17,19,27,30H,18,20-21H2. The summed E-state index contributed by atoms with van der Waals surface area (Å²) in [5.41, 5.74) is 5.07. The molecular formula is C29H26N2O3S. The van der Waals surface area contributed by atoms with Gasteiger partial charge in [0, 0.05) is 5.69 Å². The molecular weight excluding hydrogens is 456 g/mol. The summed E-state index contributed by atoms with van der Waals surface area (Å²) in [6.45, 7) is 0.369. The van der Waals surface area contributed by atoms with E-state index in [0.29, 0.717) is 13.0 Å². The minimum absolute atomic E-state index is 0.144. The van der Waals surface area contributed by atoms with Crippen LogP contribution in [0, 0.1) is 0 Å². The Kier molecular flexibility index (Phi) is 6.49. The summed E-state index contributed by atoms with van der Waals surface area (Å²) in [5, 5.41) is 0. The molecule has 0 bridgehead atoms. The zero-order valence-electron chi connectivity index (χ0n) is 19.2. The highest BCUT2D eigenvalue weighted by Crippen LogP contribution is 2.31. The molecule has 1 heterocycles. The normalized spacial score (nSPS) is 15.6. The topological polar surface area (TPSA) is 66.5 Å². The fourth-order valence-electron chi connectivity index (χ4n) is 4.50. The number of hydrogen-bond acceptors (Lipinski definition) is 3. The van der Waals surface area contributed by atoms with Crippen molar-refractivity contribution >= 4 is 21.6 Å². The maximum Gasteiger partial charge on any atom is 0.245 e. The number of sulfonamides is 1. The first-order valence-corrected chi connectivity index (χ1v) is 13.1. The van der Waals surface area contributed by atoms with E-state index in [9.17, 15) is 13.2 Å². The number of anilines is 1. The molecule has 0 aliphatic carbocycles. The zero-order valence-corrected chi connectivity index (χ0v) is 20.0. The van der Waals surface area contributed by atoms with E-state index in [2.05, 4.69) is 22.9 Å². The van der Waals surface area contributed by atoms with Crippen LogP contribution in [-0.4, -0.2) is 20.4 Å². The van der Waals surface area contributed by atoms with E-state index in [1.807, 2.05) is 60.7 Å². The third kappa shape index (κ3) is 5.19. The molecule has 1 amide bonds. The Morgan fingerprint density at radius 3 is 2.00 bits per heavy atom. The van der Waals surface area contributed by atoms with E-state index in [1.165, 1.54) is 17.7 Å². The van der Waals surface area contributed by atoms with Gasteiger partial charge in [-0.05, 0) is 53.3 Å². The monoisotopic (exact) mass is 482 g/mol. The van der Waals surface area contributed by atoms with Crippen LogP contribution in [0.5, 0.6) is 0 Å². The van der Waals surface area contributed by atoms with Crippen molar-refractivity contribution in [3.05, 3.63) is 131 Å². The lowest BCUT2D eigenvalue weighted by atomic mass is 9.93. The van der Waals surface area contributed by atoms with Crippen LogP contribution in [0.25, 0.3) is 0 Å². The van der Waals surface area contributed by atoms with Crippen molar-refractivity contribution in [1.82, 2.24) is 4.72 Å². The Bertz CT molecular complexity index is 1420. The fourth-order valence-corrected chi connectivity index (χ4v) is 5.71. The lowest BCUT2D eigenvalue weighted by Gasteiger charge is -2.35. The number of hydrogen-bond donors (Lipinski definition) is 1. The lowest BCUT2D eigenvalue weighted by Crippen LogP contribution is -2.52. The van der Waals surface area contributed by atoms with Crippen LogP contribution in [0.15, 0.2) is 114 Å². The number of carbonyl (C=O) groups is 1. The summed E-state index contributed by atoms with van der Waals surface area (Å²) >= 11 is 0. The third-order valence-electron chi connectivity index (χ3n) is 6.21. The number of amides is 1. The first-order valence-electron chi connectivity index (χ1n) is 11.6. The molecule has 1 unspecified atom stereocenters. The molecule has 0 radical (unpaired) electrons. The summed E-state index contributed by atoms with van der Waals surface area (Å²) < 4.78 is 28.8. The molecule has 0 fully saturated rings. The van der Waals surface area contributed by atoms with Crippen LogP contribution in [0.2, 0.25) is 0 Å². The van der Waals surface area contributed by atoms with Crippen LogP contribution in [-0.2, 0) is 34.2 Å². The van der Waals surface area contributed by atoms with Gasteiger partial charge < -0.3 is 4.90 Å². The largest absolute Gasteiger partial charge is 0.306 e. The molecule has 176 valence electrons. The molecule has 0 aromatic heterocycles. The molecule has 1 aliphatic rings. The number of nitrogens with zero attached hydrogens (tertiary/aromatic N) is 1. The van der Waals surface area contributed by atoms with E-state index in [0.717, 1.165) is 28.8 Å². The quantitative estimate of drug-likeness (QED) is 0.415. The van der Waals surface area contributed by atoms with E-state index < -0.39 is 16.1 Å². The van der Waals surface area contributed by atoms with E-state index in [4.69, 9.17) is 0 Å². The van der Waals surface area contributed by atoms with Gasteiger partial charge in [0.2, 0.25) is 15.9 Å². The van der Waals surface area contributed by atoms with Gasteiger partial charge in [0.05, 0.1) is 11.4 Å². The number of benzene rings is 4. The maximum absolute atomic E-state index is 13.6. The third-order valence-corrected chi connectivity index (χ3v) is 7.70. The Morgan fingerprint density at radius 2 is 1.34 bits per heavy atom. The summed E-state index contributed by atoms with van der Waals surface area (Å²) in [5.74, 6) is -0.253. The SMILES string of the molecule is O=C1C(NS(=O)(=O)c2ccccc2)Cc2cc(Cc3ccccc3)ccc2N1Cc1ccccc1. The Hall–Kier alpha value is -3.74. The molecule has 4 aromatic rings. The van der Waals surface area contributed by atoms with E-state index in [1.54, 1.807) is 23.1 Å². The first-order chi connectivity index (χ1) is 17.0. The van der Waals surface area contributed by atoms with Crippen LogP contribution in [0.1, 0.15) is 22.3 Å². The maximum atomic E-state index is 13.6. The van der Waals surface area contributed by atoms with Crippen molar-refractivity contribution in [3.63, 3.8) is 0 Å². The summed E-state index contributed by atoms with van der Waals surface area (Å²) in [4.78, 5) is 15.4. The van der Waals surface area contributed by atoms with Gasteiger partial charge in [-0.2, -0.15) is 4.72 Å². The number of rotatable bonds is 7. The smallest absolute Gasteiger partial charge is 0.245 e. The molecule has 5 nitrogen and oxygen atoms in total. The highest BCUT2D eigenvalue weighted by molar-refractivity contribution is 7.89. The van der Waals surface area contributed by atoms with Gasteiger partial charge in [0.25, 0.3) is 0 Å². The second-order valence-corrected chi connectivity index (χ2v) is 10.4. The van der Waals surface area contributed by atoms with Crippen molar-refractivity contribution in [2.75, 3.05) is 4.90 Å². The summed E-state index contributed by atoms with van der Waals surface area (Å²) in [6, 6.07) is 33.3. The van der Waals surface area contributed by atoms with E-state index >= 15 is 0 Å². The van der Waals surface area contributed by atoms with Crippen LogP contribution >= 0.6 is 0 Å². The minimum Gasteiger partial charge on any atom is -0.306 e. The molecule has 1 aliphatic heterocycles. The Labute approximate surface area is 206 Å². The van der Waals surface area contributed by atoms with Crippen LogP contribution in [0.4, 0.5) is 5.69 Å². The predicted octanol–water partition coefficient (Wildman–Crippen LogP) is 4.71. The van der Waals surface area contributed by atoms with E-state index in [-0.39, 0.29) is 10.8 Å². The van der Waals surface area contributed by atoms with Gasteiger partial charge in [-0.3, -0.25) is 4.79 Å². The van der Waals surface area contributed by atoms with Gasteiger partial charge in [-0.15, -0.1) is 0 Å². The summed E-state index contributed by atoms with van der Waals surface area (Å²) in [6.07, 6.45) is 1.06. The highest BCUT2D eigenvalue weighted by Gasteiger charge is 2.35. The van der Waals surface area contributed by atoms with Gasteiger partial charge in [-0.25, -0.2) is 8.42 Å². The fraction of sp³-hybridized carbons (Fsp3) is 0.138. The second kappa shape index (κ2) is 9.86. The van der Waals surface area contributed by atoms with Crippen LogP contribution < -0.4 is 9.62 Å². The van der Waals surface area contributed by atoms with Gasteiger partial charge in [-0.1, -0.05) is 91.0 Å². The molecule has 4 aromatic carbocycles. The Morgan fingerprint density at radius 1 is 0.743 bits per heavy atom. The average Bonchev–Trinajstić information content (AvgIpc) is 2.88. The first kappa shape index (κ1) is 23.0. The molecule has 1 N–H and O–H groups in total. The number of carbonyl (C=O) groups excluding carboxylic acids is 1. The number of fused-ring (bicyclic) bond motifs is 1. The minimum atomic E-state index is -3.85. The molecule has 5 rings (SSSR count).